The molecule has 0 amide bonds. The average molecular weight is 300 g/mol. The molecule has 0 aliphatic heterocycles. The van der Waals surface area contributed by atoms with Crippen LogP contribution in [0, 0.1) is 0 Å². The summed E-state index contributed by atoms with van der Waals surface area (Å²) in [6.45, 7) is 1.45. The van der Waals surface area contributed by atoms with Crippen LogP contribution in [-0.2, 0) is 16.6 Å². The molecular formula is C8H12BrClN2O3. The van der Waals surface area contributed by atoms with E-state index in [1.807, 2.05) is 7.05 Å². The smallest absolute Gasteiger partial charge is 0.329 e. The summed E-state index contributed by atoms with van der Waals surface area (Å²) in [5, 5.41) is 8.42. The number of rotatable bonds is 4. The maximum atomic E-state index is 10.3. The lowest BCUT2D eigenvalue weighted by Crippen LogP contribution is -2.12. The third-order valence-electron chi connectivity index (χ3n) is 1.70. The number of nitrogens with zero attached hydrogens (tertiary/aromatic N) is 2. The number of ether oxygens (including phenoxy) is 1. The Kier molecular flexibility index (Phi) is 5.85. The van der Waals surface area contributed by atoms with Crippen LogP contribution in [0.3, 0.4) is 0 Å². The van der Waals surface area contributed by atoms with Crippen LogP contribution in [0.2, 0.25) is 0 Å². The van der Waals surface area contributed by atoms with Gasteiger partial charge in [-0.3, -0.25) is 0 Å². The highest BCUT2D eigenvalue weighted by atomic mass is 79.9. The first-order chi connectivity index (χ1) is 6.50. The van der Waals surface area contributed by atoms with Crippen molar-refractivity contribution in [1.29, 1.82) is 0 Å². The first-order valence-corrected chi connectivity index (χ1v) is 4.82. The molecule has 1 rings (SSSR count). The van der Waals surface area contributed by atoms with E-state index in [1.54, 1.807) is 17.7 Å². The van der Waals surface area contributed by atoms with Crippen molar-refractivity contribution in [2.45, 2.75) is 13.0 Å². The van der Waals surface area contributed by atoms with Crippen molar-refractivity contribution in [1.82, 2.24) is 9.55 Å². The van der Waals surface area contributed by atoms with Gasteiger partial charge < -0.3 is 14.4 Å². The van der Waals surface area contributed by atoms with E-state index >= 15 is 0 Å². The molecule has 1 N–H and O–H groups in total. The van der Waals surface area contributed by atoms with Gasteiger partial charge in [-0.1, -0.05) is 0 Å². The zero-order valence-corrected chi connectivity index (χ0v) is 10.7. The van der Waals surface area contributed by atoms with Gasteiger partial charge in [-0.15, -0.1) is 12.4 Å². The van der Waals surface area contributed by atoms with E-state index in [4.69, 9.17) is 9.84 Å². The number of hydrogen-bond acceptors (Lipinski definition) is 3. The molecular weight excluding hydrogens is 287 g/mol. The fourth-order valence-electron chi connectivity index (χ4n) is 1.09. The molecule has 0 aromatic carbocycles. The Morgan fingerprint density at radius 2 is 2.40 bits per heavy atom. The molecule has 1 aromatic heterocycles. The Morgan fingerprint density at radius 3 is 2.80 bits per heavy atom. The third kappa shape index (κ3) is 4.19. The minimum absolute atomic E-state index is 0. The Bertz CT molecular complexity index is 343. The van der Waals surface area contributed by atoms with E-state index in [0.29, 0.717) is 10.4 Å². The molecule has 15 heavy (non-hydrogen) atoms. The van der Waals surface area contributed by atoms with Crippen molar-refractivity contribution < 1.29 is 14.6 Å². The lowest BCUT2D eigenvalue weighted by molar-refractivity contribution is -0.144. The van der Waals surface area contributed by atoms with Crippen LogP contribution in [0.4, 0.5) is 0 Å². The fourth-order valence-corrected chi connectivity index (χ4v) is 1.58. The topological polar surface area (TPSA) is 64.3 Å². The Balaban J connectivity index is 0.00000196. The number of halogens is 2. The molecule has 0 saturated carbocycles. The summed E-state index contributed by atoms with van der Waals surface area (Å²) >= 11 is 3.23. The van der Waals surface area contributed by atoms with Gasteiger partial charge in [0.05, 0.1) is 0 Å². The molecule has 86 valence electrons. The molecule has 0 saturated heterocycles. The Hall–Kier alpha value is -0.590. The molecule has 7 heteroatoms. The van der Waals surface area contributed by atoms with E-state index in [-0.39, 0.29) is 25.1 Å². The normalized spacial score (nSPS) is 11.9. The molecule has 0 aliphatic carbocycles. The van der Waals surface area contributed by atoms with Crippen LogP contribution in [0.5, 0.6) is 0 Å². The second-order valence-electron chi connectivity index (χ2n) is 2.88. The minimum Gasteiger partial charge on any atom is -0.480 e. The van der Waals surface area contributed by atoms with Gasteiger partial charge in [0.1, 0.15) is 23.1 Å². The monoisotopic (exact) mass is 298 g/mol. The van der Waals surface area contributed by atoms with Gasteiger partial charge in [-0.05, 0) is 22.9 Å². The van der Waals surface area contributed by atoms with E-state index < -0.39 is 5.97 Å². The third-order valence-corrected chi connectivity index (χ3v) is 2.09. The summed E-state index contributed by atoms with van der Waals surface area (Å²) in [4.78, 5) is 14.4. The standard InChI is InChI=1S/C8H11BrN2O3.ClH/c1-5(14-4-7(12)13)8-10-6(9)3-11(8)2;/h3,5H,4H2,1-2H3,(H,12,13);1H. The van der Waals surface area contributed by atoms with Gasteiger partial charge in [0.2, 0.25) is 0 Å². The molecule has 1 unspecified atom stereocenters. The lowest BCUT2D eigenvalue weighted by atomic mass is 10.4. The quantitative estimate of drug-likeness (QED) is 0.920. The molecule has 5 nitrogen and oxygen atoms in total. The molecule has 1 aromatic rings. The van der Waals surface area contributed by atoms with Gasteiger partial charge in [0, 0.05) is 13.2 Å². The van der Waals surface area contributed by atoms with E-state index in [2.05, 4.69) is 20.9 Å². The number of carbonyl (C=O) groups is 1. The van der Waals surface area contributed by atoms with Crippen LogP contribution in [0.25, 0.3) is 0 Å². The SMILES string of the molecule is CC(OCC(=O)O)c1nc(Br)cn1C.Cl. The van der Waals surface area contributed by atoms with Crippen LogP contribution < -0.4 is 0 Å². The van der Waals surface area contributed by atoms with Crippen molar-refractivity contribution in [3.05, 3.63) is 16.6 Å². The van der Waals surface area contributed by atoms with Crippen LogP contribution in [-0.4, -0.2) is 27.2 Å². The van der Waals surface area contributed by atoms with Gasteiger partial charge in [-0.25, -0.2) is 9.78 Å². The Labute approximate surface area is 102 Å². The average Bonchev–Trinajstić information content (AvgIpc) is 2.41. The number of aryl methyl sites for hydroxylation is 1. The summed E-state index contributed by atoms with van der Waals surface area (Å²) in [7, 11) is 1.83. The van der Waals surface area contributed by atoms with E-state index in [9.17, 15) is 4.79 Å². The summed E-state index contributed by atoms with van der Waals surface area (Å²) in [5.74, 6) is -0.289. The summed E-state index contributed by atoms with van der Waals surface area (Å²) < 4.78 is 7.58. The zero-order chi connectivity index (χ0) is 10.7. The number of hydrogen-bond donors (Lipinski definition) is 1. The maximum absolute atomic E-state index is 10.3. The second-order valence-corrected chi connectivity index (χ2v) is 3.69. The van der Waals surface area contributed by atoms with Gasteiger partial charge >= 0.3 is 5.97 Å². The van der Waals surface area contributed by atoms with Crippen LogP contribution >= 0.6 is 28.3 Å². The predicted molar refractivity (Wildman–Crippen MR) is 60.2 cm³/mol. The highest BCUT2D eigenvalue weighted by Gasteiger charge is 2.13. The van der Waals surface area contributed by atoms with Gasteiger partial charge in [0.25, 0.3) is 0 Å². The van der Waals surface area contributed by atoms with Crippen molar-refractivity contribution in [3.63, 3.8) is 0 Å². The first kappa shape index (κ1) is 14.4. The molecule has 0 fully saturated rings. The Morgan fingerprint density at radius 1 is 1.80 bits per heavy atom. The summed E-state index contributed by atoms with van der Waals surface area (Å²) in [5.41, 5.74) is 0. The van der Waals surface area contributed by atoms with Crippen molar-refractivity contribution in [3.8, 4) is 0 Å². The largest absolute Gasteiger partial charge is 0.480 e. The first-order valence-electron chi connectivity index (χ1n) is 4.03. The molecule has 0 aliphatic rings. The van der Waals surface area contributed by atoms with E-state index in [0.717, 1.165) is 0 Å². The zero-order valence-electron chi connectivity index (χ0n) is 8.31. The molecule has 1 heterocycles. The molecule has 1 atom stereocenters. The highest BCUT2D eigenvalue weighted by Crippen LogP contribution is 2.17. The fraction of sp³-hybridized carbons (Fsp3) is 0.500. The number of aromatic nitrogens is 2. The second kappa shape index (κ2) is 6.09. The van der Waals surface area contributed by atoms with Crippen LogP contribution in [0.15, 0.2) is 10.8 Å². The lowest BCUT2D eigenvalue weighted by Gasteiger charge is -2.10. The number of carboxylic acid groups (broad SMARTS) is 1. The van der Waals surface area contributed by atoms with Crippen molar-refractivity contribution in [2.24, 2.45) is 7.05 Å². The van der Waals surface area contributed by atoms with Crippen molar-refractivity contribution >= 4 is 34.3 Å². The van der Waals surface area contributed by atoms with Crippen molar-refractivity contribution in [2.75, 3.05) is 6.61 Å². The summed E-state index contributed by atoms with van der Waals surface area (Å²) in [6.07, 6.45) is 1.46. The van der Waals surface area contributed by atoms with E-state index in [1.165, 1.54) is 0 Å². The van der Waals surface area contributed by atoms with Crippen LogP contribution in [0.1, 0.15) is 18.9 Å². The molecule has 0 bridgehead atoms. The molecule has 0 spiro atoms. The number of aliphatic carboxylic acids is 1. The maximum Gasteiger partial charge on any atom is 0.329 e. The molecule has 0 radical (unpaired) electrons. The highest BCUT2D eigenvalue weighted by molar-refractivity contribution is 9.10. The van der Waals surface area contributed by atoms with Gasteiger partial charge in [0.15, 0.2) is 0 Å². The number of carboxylic acids is 1. The van der Waals surface area contributed by atoms with Gasteiger partial charge in [-0.2, -0.15) is 0 Å². The predicted octanol–water partition coefficient (Wildman–Crippen LogP) is 1.77. The number of imidazole rings is 1. The summed E-state index contributed by atoms with van der Waals surface area (Å²) in [6, 6.07) is 0. The minimum atomic E-state index is -0.981.